The van der Waals surface area contributed by atoms with E-state index >= 15 is 0 Å². The van der Waals surface area contributed by atoms with E-state index in [1.807, 2.05) is 6.92 Å². The van der Waals surface area contributed by atoms with Crippen molar-refractivity contribution in [1.82, 2.24) is 10.6 Å². The van der Waals surface area contributed by atoms with Crippen molar-refractivity contribution in [3.05, 3.63) is 0 Å². The molecule has 1 amide bonds. The van der Waals surface area contributed by atoms with Crippen LogP contribution in [0.2, 0.25) is 0 Å². The van der Waals surface area contributed by atoms with Crippen molar-refractivity contribution in [3.8, 4) is 0 Å². The minimum Gasteiger partial charge on any atom is -0.354 e. The number of hydrogen-bond donors (Lipinski definition) is 2. The molecule has 16 heavy (non-hydrogen) atoms. The van der Waals surface area contributed by atoms with E-state index in [1.165, 1.54) is 0 Å². The quantitative estimate of drug-likeness (QED) is 0.781. The van der Waals surface area contributed by atoms with Crippen LogP contribution in [0.1, 0.15) is 32.6 Å². The molecule has 2 N–H and O–H groups in total. The fourth-order valence-corrected chi connectivity index (χ4v) is 1.75. The van der Waals surface area contributed by atoms with Gasteiger partial charge in [0.2, 0.25) is 5.91 Å². The van der Waals surface area contributed by atoms with Gasteiger partial charge in [0, 0.05) is 18.5 Å². The first kappa shape index (κ1) is 13.3. The maximum atomic E-state index is 11.8. The van der Waals surface area contributed by atoms with E-state index in [-0.39, 0.29) is 5.54 Å². The number of carbonyl (C=O) groups is 1. The van der Waals surface area contributed by atoms with Crippen molar-refractivity contribution in [3.63, 3.8) is 0 Å². The van der Waals surface area contributed by atoms with Crippen LogP contribution in [0.5, 0.6) is 0 Å². The second-order valence-corrected chi connectivity index (χ2v) is 4.48. The predicted octanol–water partition coefficient (Wildman–Crippen LogP) is 1.59. The molecule has 0 bridgehead atoms. The molecule has 1 fully saturated rings. The third-order valence-corrected chi connectivity index (χ3v) is 2.77. The number of amides is 1. The molecule has 0 aliphatic carbocycles. The summed E-state index contributed by atoms with van der Waals surface area (Å²) in [5, 5.41) is 5.76. The van der Waals surface area contributed by atoms with Crippen LogP contribution in [0.15, 0.2) is 0 Å². The minimum atomic E-state index is -4.26. The number of halogens is 3. The van der Waals surface area contributed by atoms with Crippen molar-refractivity contribution in [2.45, 2.75) is 44.3 Å². The first-order chi connectivity index (χ1) is 7.31. The number of rotatable bonds is 4. The molecule has 1 rings (SSSR count). The van der Waals surface area contributed by atoms with Crippen LogP contribution in [-0.2, 0) is 4.79 Å². The first-order valence-electron chi connectivity index (χ1n) is 5.39. The molecule has 1 heterocycles. The van der Waals surface area contributed by atoms with E-state index < -0.39 is 24.9 Å². The highest BCUT2D eigenvalue weighted by molar-refractivity contribution is 5.76. The molecule has 0 aromatic carbocycles. The lowest BCUT2D eigenvalue weighted by Gasteiger charge is -2.24. The first-order valence-corrected chi connectivity index (χ1v) is 5.39. The molecule has 0 radical (unpaired) electrons. The Morgan fingerprint density at radius 2 is 2.19 bits per heavy atom. The number of alkyl halides is 3. The Kier molecular flexibility index (Phi) is 4.18. The van der Waals surface area contributed by atoms with Crippen LogP contribution < -0.4 is 10.6 Å². The largest absolute Gasteiger partial charge is 0.389 e. The summed E-state index contributed by atoms with van der Waals surface area (Å²) in [6.07, 6.45) is -3.82. The van der Waals surface area contributed by atoms with E-state index in [0.717, 1.165) is 19.4 Å². The van der Waals surface area contributed by atoms with Gasteiger partial charge in [-0.2, -0.15) is 13.2 Å². The second kappa shape index (κ2) is 5.03. The summed E-state index contributed by atoms with van der Waals surface area (Å²) in [7, 11) is 0. The highest BCUT2D eigenvalue weighted by Gasteiger charge is 2.30. The van der Waals surface area contributed by atoms with Gasteiger partial charge >= 0.3 is 6.18 Å². The molecule has 3 nitrogen and oxygen atoms in total. The van der Waals surface area contributed by atoms with Crippen molar-refractivity contribution in [1.29, 1.82) is 0 Å². The van der Waals surface area contributed by atoms with Gasteiger partial charge in [-0.1, -0.05) is 0 Å². The van der Waals surface area contributed by atoms with Gasteiger partial charge in [-0.25, -0.2) is 0 Å². The zero-order valence-corrected chi connectivity index (χ0v) is 9.28. The lowest BCUT2D eigenvalue weighted by Crippen LogP contribution is -2.47. The highest BCUT2D eigenvalue weighted by atomic mass is 19.4. The minimum absolute atomic E-state index is 0.159. The van der Waals surface area contributed by atoms with Crippen molar-refractivity contribution < 1.29 is 18.0 Å². The van der Waals surface area contributed by atoms with Crippen molar-refractivity contribution >= 4 is 5.91 Å². The number of hydrogen-bond acceptors (Lipinski definition) is 2. The fourth-order valence-electron chi connectivity index (χ4n) is 1.75. The highest BCUT2D eigenvalue weighted by Crippen LogP contribution is 2.21. The Morgan fingerprint density at radius 1 is 1.50 bits per heavy atom. The molecule has 1 atom stereocenters. The van der Waals surface area contributed by atoms with E-state index in [0.29, 0.717) is 6.54 Å². The van der Waals surface area contributed by atoms with E-state index in [4.69, 9.17) is 0 Å². The summed E-state index contributed by atoms with van der Waals surface area (Å²) >= 11 is 0. The molecule has 0 aromatic rings. The van der Waals surface area contributed by atoms with E-state index in [1.54, 1.807) is 0 Å². The summed E-state index contributed by atoms with van der Waals surface area (Å²) in [5.41, 5.74) is -0.159. The maximum Gasteiger partial charge on any atom is 0.389 e. The second-order valence-electron chi connectivity index (χ2n) is 4.48. The van der Waals surface area contributed by atoms with Crippen LogP contribution in [0, 0.1) is 0 Å². The molecular formula is C10H17F3N2O. The molecule has 1 unspecified atom stereocenters. The van der Waals surface area contributed by atoms with Gasteiger partial charge in [-0.3, -0.25) is 4.79 Å². The topological polar surface area (TPSA) is 41.1 Å². The summed E-state index contributed by atoms with van der Waals surface area (Å²) in [5.74, 6) is -0.535. The zero-order chi connectivity index (χ0) is 12.2. The molecule has 1 aliphatic rings. The molecule has 6 heteroatoms. The van der Waals surface area contributed by atoms with Crippen LogP contribution in [0.3, 0.4) is 0 Å². The molecule has 94 valence electrons. The Labute approximate surface area is 92.8 Å². The number of carbonyl (C=O) groups excluding carboxylic acids is 1. The van der Waals surface area contributed by atoms with Gasteiger partial charge in [0.25, 0.3) is 0 Å². The Bertz CT molecular complexity index is 247. The summed E-state index contributed by atoms with van der Waals surface area (Å²) in [4.78, 5) is 11.1. The van der Waals surface area contributed by atoms with Gasteiger partial charge in [-0.15, -0.1) is 0 Å². The Hall–Kier alpha value is -0.780. The van der Waals surface area contributed by atoms with Crippen molar-refractivity contribution in [2.24, 2.45) is 0 Å². The average molecular weight is 238 g/mol. The van der Waals surface area contributed by atoms with E-state index in [9.17, 15) is 18.0 Å². The maximum absolute atomic E-state index is 11.8. The van der Waals surface area contributed by atoms with Gasteiger partial charge in [-0.05, 0) is 26.3 Å². The predicted molar refractivity (Wildman–Crippen MR) is 53.9 cm³/mol. The third kappa shape index (κ3) is 4.83. The van der Waals surface area contributed by atoms with Crippen LogP contribution in [-0.4, -0.2) is 30.7 Å². The lowest BCUT2D eigenvalue weighted by molar-refractivity contribution is -0.144. The van der Waals surface area contributed by atoms with Crippen LogP contribution in [0.25, 0.3) is 0 Å². The molecule has 0 saturated carbocycles. The SMILES string of the molecule is CC1(CNC(=O)CCC(F)(F)F)CCCN1. The summed E-state index contributed by atoms with van der Waals surface area (Å²) < 4.78 is 35.5. The zero-order valence-electron chi connectivity index (χ0n) is 9.28. The smallest absolute Gasteiger partial charge is 0.354 e. The summed E-state index contributed by atoms with van der Waals surface area (Å²) in [6, 6.07) is 0. The van der Waals surface area contributed by atoms with Crippen molar-refractivity contribution in [2.75, 3.05) is 13.1 Å². The monoisotopic (exact) mass is 238 g/mol. The fraction of sp³-hybridized carbons (Fsp3) is 0.900. The van der Waals surface area contributed by atoms with Gasteiger partial charge in [0.15, 0.2) is 0 Å². The lowest BCUT2D eigenvalue weighted by atomic mass is 10.0. The Morgan fingerprint density at radius 3 is 2.69 bits per heavy atom. The van der Waals surface area contributed by atoms with Gasteiger partial charge in [0.1, 0.15) is 0 Å². The van der Waals surface area contributed by atoms with Gasteiger partial charge in [0.05, 0.1) is 6.42 Å². The molecule has 0 spiro atoms. The molecule has 1 aliphatic heterocycles. The standard InChI is InChI=1S/C10H17F3N2O/c1-9(4-2-6-15-9)7-14-8(16)3-5-10(11,12)13/h15H,2-7H2,1H3,(H,14,16). The third-order valence-electron chi connectivity index (χ3n) is 2.77. The molecule has 0 aromatic heterocycles. The normalized spacial score (nSPS) is 25.8. The summed E-state index contributed by atoms with van der Waals surface area (Å²) in [6.45, 7) is 3.25. The van der Waals surface area contributed by atoms with E-state index in [2.05, 4.69) is 10.6 Å². The van der Waals surface area contributed by atoms with Crippen LogP contribution in [0.4, 0.5) is 13.2 Å². The molecule has 1 saturated heterocycles. The molecular weight excluding hydrogens is 221 g/mol. The average Bonchev–Trinajstić information content (AvgIpc) is 2.59. The Balaban J connectivity index is 2.20. The van der Waals surface area contributed by atoms with Crippen LogP contribution >= 0.6 is 0 Å². The van der Waals surface area contributed by atoms with Gasteiger partial charge < -0.3 is 10.6 Å². The number of nitrogens with one attached hydrogen (secondary N) is 2.